The maximum absolute atomic E-state index is 12.6. The molecule has 10 heteroatoms. The van der Waals surface area contributed by atoms with Gasteiger partial charge >= 0.3 is 0 Å². The number of amides is 2. The molecule has 0 spiro atoms. The molecule has 1 aromatic carbocycles. The Hall–Kier alpha value is -3.01. The van der Waals surface area contributed by atoms with Crippen molar-refractivity contribution in [1.29, 1.82) is 0 Å². The van der Waals surface area contributed by atoms with Gasteiger partial charge in [-0.3, -0.25) is 9.59 Å². The number of nitrogens with one attached hydrogen (secondary N) is 2. The molecule has 0 saturated heterocycles. The minimum absolute atomic E-state index is 0.0216. The number of sulfonamides is 1. The summed E-state index contributed by atoms with van der Waals surface area (Å²) in [5.74, 6) is -0.193. The molecule has 0 radical (unpaired) electrons. The second-order valence-electron chi connectivity index (χ2n) is 6.58. The minimum Gasteiger partial charge on any atom is -0.478 e. The summed E-state index contributed by atoms with van der Waals surface area (Å²) in [5, 5.41) is 2.61. The molecule has 2 aromatic rings. The van der Waals surface area contributed by atoms with E-state index in [9.17, 15) is 18.0 Å². The third-order valence-electron chi connectivity index (χ3n) is 4.13. The van der Waals surface area contributed by atoms with Gasteiger partial charge in [0.15, 0.2) is 6.10 Å². The summed E-state index contributed by atoms with van der Waals surface area (Å²) < 4.78 is 32.6. The van der Waals surface area contributed by atoms with Gasteiger partial charge in [-0.1, -0.05) is 20.8 Å². The maximum atomic E-state index is 12.6. The van der Waals surface area contributed by atoms with Crippen LogP contribution < -0.4 is 14.8 Å². The number of carbonyl (C=O) groups excluding carboxylic acids is 2. The van der Waals surface area contributed by atoms with Gasteiger partial charge < -0.3 is 10.1 Å². The van der Waals surface area contributed by atoms with Crippen LogP contribution in [-0.2, 0) is 14.8 Å². The summed E-state index contributed by atoms with van der Waals surface area (Å²) in [6.45, 7) is 5.61. The highest BCUT2D eigenvalue weighted by Crippen LogP contribution is 2.32. The van der Waals surface area contributed by atoms with E-state index in [0.29, 0.717) is 18.0 Å². The molecule has 0 saturated carbocycles. The van der Waals surface area contributed by atoms with Crippen LogP contribution in [0.2, 0.25) is 0 Å². The summed E-state index contributed by atoms with van der Waals surface area (Å²) in [5.41, 5.74) is 0.253. The number of hydrogen-bond donors (Lipinski definition) is 2. The van der Waals surface area contributed by atoms with Gasteiger partial charge in [-0.05, 0) is 24.6 Å². The molecule has 0 bridgehead atoms. The number of benzene rings is 1. The fourth-order valence-corrected chi connectivity index (χ4v) is 3.56. The van der Waals surface area contributed by atoms with Crippen LogP contribution in [0.5, 0.6) is 5.75 Å². The second kappa shape index (κ2) is 7.55. The number of carbonyl (C=O) groups is 2. The summed E-state index contributed by atoms with van der Waals surface area (Å²) in [7, 11) is -4.17. The number of hydrogen-bond acceptors (Lipinski definition) is 7. The Morgan fingerprint density at radius 2 is 1.96 bits per heavy atom. The number of fused-ring (bicyclic) bond motifs is 1. The van der Waals surface area contributed by atoms with E-state index in [1.54, 1.807) is 6.92 Å². The first kappa shape index (κ1) is 19.7. The van der Waals surface area contributed by atoms with E-state index in [4.69, 9.17) is 4.74 Å². The Morgan fingerprint density at radius 3 is 2.57 bits per heavy atom. The highest BCUT2D eigenvalue weighted by molar-refractivity contribution is 7.90. The van der Waals surface area contributed by atoms with Gasteiger partial charge in [-0.15, -0.1) is 0 Å². The summed E-state index contributed by atoms with van der Waals surface area (Å²) in [6, 6.07) is 3.99. The maximum Gasteiger partial charge on any atom is 0.268 e. The van der Waals surface area contributed by atoms with E-state index >= 15 is 0 Å². The molecule has 2 heterocycles. The van der Waals surface area contributed by atoms with Gasteiger partial charge in [-0.2, -0.15) is 0 Å². The quantitative estimate of drug-likeness (QED) is 0.778. The predicted molar refractivity (Wildman–Crippen MR) is 101 cm³/mol. The van der Waals surface area contributed by atoms with E-state index in [-0.39, 0.29) is 28.0 Å². The van der Waals surface area contributed by atoms with Crippen LogP contribution in [0, 0.1) is 0 Å². The van der Waals surface area contributed by atoms with Crippen molar-refractivity contribution in [2.75, 3.05) is 5.32 Å². The normalized spacial score (nSPS) is 16.1. The fraction of sp³-hybridized carbons (Fsp3) is 0.333. The monoisotopic (exact) mass is 404 g/mol. The van der Waals surface area contributed by atoms with Crippen molar-refractivity contribution >= 4 is 27.5 Å². The smallest absolute Gasteiger partial charge is 0.268 e. The van der Waals surface area contributed by atoms with Gasteiger partial charge in [0.25, 0.3) is 21.8 Å². The average Bonchev–Trinajstić information content (AvgIpc) is 2.66. The van der Waals surface area contributed by atoms with Crippen LogP contribution >= 0.6 is 0 Å². The van der Waals surface area contributed by atoms with E-state index in [1.165, 1.54) is 30.6 Å². The zero-order valence-corrected chi connectivity index (χ0v) is 16.4. The van der Waals surface area contributed by atoms with Crippen molar-refractivity contribution in [2.24, 2.45) is 0 Å². The van der Waals surface area contributed by atoms with Gasteiger partial charge in [0, 0.05) is 18.3 Å². The molecular weight excluding hydrogens is 384 g/mol. The number of rotatable bonds is 5. The molecule has 1 aliphatic rings. The molecule has 9 nitrogen and oxygen atoms in total. The zero-order chi connectivity index (χ0) is 20.5. The minimum atomic E-state index is -4.17. The Kier molecular flexibility index (Phi) is 5.32. The molecule has 2 amide bonds. The highest BCUT2D eigenvalue weighted by atomic mass is 32.2. The van der Waals surface area contributed by atoms with E-state index in [0.717, 1.165) is 0 Å². The Bertz CT molecular complexity index is 1020. The van der Waals surface area contributed by atoms with Crippen LogP contribution in [0.15, 0.2) is 35.5 Å². The number of anilines is 1. The first-order valence-corrected chi connectivity index (χ1v) is 10.2. The Balaban J connectivity index is 1.80. The lowest BCUT2D eigenvalue weighted by Gasteiger charge is -2.25. The molecular formula is C18H20N4O5S. The van der Waals surface area contributed by atoms with Crippen molar-refractivity contribution in [1.82, 2.24) is 14.7 Å². The lowest BCUT2D eigenvalue weighted by molar-refractivity contribution is -0.123. The molecule has 0 aliphatic carbocycles. The Morgan fingerprint density at radius 1 is 1.29 bits per heavy atom. The van der Waals surface area contributed by atoms with Crippen molar-refractivity contribution < 1.29 is 22.7 Å². The molecule has 1 aliphatic heterocycles. The number of aromatic nitrogens is 2. The predicted octanol–water partition coefficient (Wildman–Crippen LogP) is 1.83. The zero-order valence-electron chi connectivity index (χ0n) is 15.6. The third kappa shape index (κ3) is 3.96. The number of ether oxygens (including phenoxy) is 1. The van der Waals surface area contributed by atoms with Crippen LogP contribution in [0.25, 0.3) is 0 Å². The number of nitrogens with zero attached hydrogens (tertiary/aromatic N) is 2. The molecule has 2 N–H and O–H groups in total. The van der Waals surface area contributed by atoms with Crippen LogP contribution in [-0.4, -0.2) is 36.3 Å². The molecule has 3 rings (SSSR count). The van der Waals surface area contributed by atoms with E-state index in [2.05, 4.69) is 15.3 Å². The molecule has 0 fully saturated rings. The topological polar surface area (TPSA) is 127 Å². The fourth-order valence-electron chi connectivity index (χ4n) is 2.56. The standard InChI is InChI=1S/C18H20N4O5S/c1-4-14-18(24)21-13-7-12(5-6-15(13)27-14)28(25,26)22-17(23)11-8-19-16(10(2)3)20-9-11/h5-10,14H,4H2,1-3H3,(H,21,24)(H,22,23)/t14-/m0/s1. The average molecular weight is 404 g/mol. The van der Waals surface area contributed by atoms with Gasteiger partial charge in [-0.25, -0.2) is 23.1 Å². The SMILES string of the molecule is CC[C@@H]1Oc2ccc(S(=O)(=O)NC(=O)c3cnc(C(C)C)nc3)cc2NC1=O. The van der Waals surface area contributed by atoms with Crippen molar-refractivity contribution in [3.05, 3.63) is 42.0 Å². The molecule has 0 unspecified atom stereocenters. The van der Waals surface area contributed by atoms with E-state index in [1.807, 2.05) is 18.6 Å². The van der Waals surface area contributed by atoms with E-state index < -0.39 is 22.0 Å². The first-order valence-electron chi connectivity index (χ1n) is 8.72. The molecule has 148 valence electrons. The lowest BCUT2D eigenvalue weighted by Crippen LogP contribution is -2.36. The van der Waals surface area contributed by atoms with Crippen LogP contribution in [0.1, 0.15) is 49.3 Å². The third-order valence-corrected chi connectivity index (χ3v) is 5.46. The highest BCUT2D eigenvalue weighted by Gasteiger charge is 2.28. The first-order chi connectivity index (χ1) is 13.2. The lowest BCUT2D eigenvalue weighted by atomic mass is 10.2. The molecule has 28 heavy (non-hydrogen) atoms. The van der Waals surface area contributed by atoms with Crippen molar-refractivity contribution in [3.63, 3.8) is 0 Å². The van der Waals surface area contributed by atoms with Gasteiger partial charge in [0.2, 0.25) is 0 Å². The molecule has 1 atom stereocenters. The largest absolute Gasteiger partial charge is 0.478 e. The second-order valence-corrected chi connectivity index (χ2v) is 8.26. The summed E-state index contributed by atoms with van der Waals surface area (Å²) in [4.78, 5) is 32.1. The van der Waals surface area contributed by atoms with Gasteiger partial charge in [0.1, 0.15) is 11.6 Å². The van der Waals surface area contributed by atoms with Crippen molar-refractivity contribution in [2.45, 2.75) is 44.1 Å². The summed E-state index contributed by atoms with van der Waals surface area (Å²) in [6.07, 6.45) is 2.42. The van der Waals surface area contributed by atoms with Gasteiger partial charge in [0.05, 0.1) is 16.1 Å². The van der Waals surface area contributed by atoms with Crippen LogP contribution in [0.3, 0.4) is 0 Å². The molecule has 1 aromatic heterocycles. The van der Waals surface area contributed by atoms with Crippen LogP contribution in [0.4, 0.5) is 5.69 Å². The Labute approximate surface area is 162 Å². The summed E-state index contributed by atoms with van der Waals surface area (Å²) >= 11 is 0. The van der Waals surface area contributed by atoms with Crippen molar-refractivity contribution in [3.8, 4) is 5.75 Å².